The van der Waals surface area contributed by atoms with E-state index in [1.165, 1.54) is 11.8 Å². The van der Waals surface area contributed by atoms with Crippen molar-refractivity contribution in [2.75, 3.05) is 0 Å². The highest BCUT2D eigenvalue weighted by Crippen LogP contribution is 2.26. The van der Waals surface area contributed by atoms with Gasteiger partial charge in [-0.2, -0.15) is 4.98 Å². The second-order valence-electron chi connectivity index (χ2n) is 4.69. The largest absolute Gasteiger partial charge is 0.338 e. The summed E-state index contributed by atoms with van der Waals surface area (Å²) in [6.45, 7) is 1.80. The van der Waals surface area contributed by atoms with E-state index in [0.29, 0.717) is 17.5 Å². The lowest BCUT2D eigenvalue weighted by Gasteiger charge is -1.96. The summed E-state index contributed by atoms with van der Waals surface area (Å²) in [5.41, 5.74) is 2.21. The summed E-state index contributed by atoms with van der Waals surface area (Å²) in [7, 11) is 1.99. The number of benzene rings is 1. The molecule has 21 heavy (non-hydrogen) atoms. The van der Waals surface area contributed by atoms with Gasteiger partial charge in [0.25, 0.3) is 0 Å². The van der Waals surface area contributed by atoms with Gasteiger partial charge >= 0.3 is 0 Å². The Balaban J connectivity index is 1.77. The smallest absolute Gasteiger partial charge is 0.237 e. The van der Waals surface area contributed by atoms with Crippen LogP contribution < -0.4 is 0 Å². The first kappa shape index (κ1) is 12.4. The normalized spacial score (nSPS) is 11.7. The second-order valence-corrected chi connectivity index (χ2v) is 5.63. The lowest BCUT2D eigenvalue weighted by molar-refractivity contribution is 0.387. The van der Waals surface area contributed by atoms with E-state index in [2.05, 4.69) is 32.5 Å². The van der Waals surface area contributed by atoms with E-state index in [9.17, 15) is 0 Å². The molecule has 0 amide bonds. The van der Waals surface area contributed by atoms with Crippen LogP contribution in [0.4, 0.5) is 0 Å². The Bertz CT molecular complexity index is 937. The highest BCUT2D eigenvalue weighted by Gasteiger charge is 2.15. The molecule has 0 bridgehead atoms. The molecule has 0 aliphatic carbocycles. The molecule has 8 heteroatoms. The molecule has 0 aliphatic rings. The molecule has 4 aromatic rings. The fourth-order valence-corrected chi connectivity index (χ4v) is 3.13. The number of rotatable bonds is 3. The van der Waals surface area contributed by atoms with Gasteiger partial charge < -0.3 is 9.09 Å². The van der Waals surface area contributed by atoms with Crippen LogP contribution in [0.15, 0.2) is 33.9 Å². The summed E-state index contributed by atoms with van der Waals surface area (Å²) in [5.74, 6) is 2.63. The monoisotopic (exact) mass is 300 g/mol. The predicted octanol–water partition coefficient (Wildman–Crippen LogP) is 2.20. The van der Waals surface area contributed by atoms with Crippen molar-refractivity contribution < 1.29 is 4.52 Å². The topological polar surface area (TPSA) is 74.0 Å². The third-order valence-electron chi connectivity index (χ3n) is 3.29. The van der Waals surface area contributed by atoms with E-state index in [1.807, 2.05) is 28.1 Å². The van der Waals surface area contributed by atoms with Crippen LogP contribution in [0.1, 0.15) is 11.7 Å². The maximum atomic E-state index is 5.12. The van der Waals surface area contributed by atoms with Crippen LogP contribution in [0.5, 0.6) is 0 Å². The van der Waals surface area contributed by atoms with Crippen molar-refractivity contribution in [2.45, 2.75) is 17.8 Å². The van der Waals surface area contributed by atoms with E-state index in [-0.39, 0.29) is 0 Å². The first-order chi connectivity index (χ1) is 10.2. The number of aryl methyl sites for hydroxylation is 2. The molecule has 0 spiro atoms. The zero-order valence-corrected chi connectivity index (χ0v) is 12.3. The van der Waals surface area contributed by atoms with E-state index in [4.69, 9.17) is 4.52 Å². The van der Waals surface area contributed by atoms with Crippen LogP contribution in [0, 0.1) is 6.92 Å². The van der Waals surface area contributed by atoms with Crippen LogP contribution in [-0.2, 0) is 12.8 Å². The maximum Gasteiger partial charge on any atom is 0.237 e. The highest BCUT2D eigenvalue weighted by atomic mass is 32.2. The Labute approximate surface area is 124 Å². The minimum Gasteiger partial charge on any atom is -0.338 e. The molecule has 0 atom stereocenters. The van der Waals surface area contributed by atoms with E-state index in [0.717, 1.165) is 22.0 Å². The number of hydrogen-bond acceptors (Lipinski definition) is 6. The quantitative estimate of drug-likeness (QED) is 0.540. The van der Waals surface area contributed by atoms with Crippen molar-refractivity contribution in [1.29, 1.82) is 0 Å². The summed E-state index contributed by atoms with van der Waals surface area (Å²) in [6.07, 6.45) is 0. The Morgan fingerprint density at radius 1 is 1.19 bits per heavy atom. The minimum absolute atomic E-state index is 0.574. The fourth-order valence-electron chi connectivity index (χ4n) is 2.35. The van der Waals surface area contributed by atoms with Gasteiger partial charge in [0.2, 0.25) is 11.7 Å². The Morgan fingerprint density at radius 3 is 2.76 bits per heavy atom. The third-order valence-corrected chi connectivity index (χ3v) is 4.21. The zero-order chi connectivity index (χ0) is 14.4. The number of hydrogen-bond donors (Lipinski definition) is 0. The van der Waals surface area contributed by atoms with Crippen molar-refractivity contribution in [3.05, 3.63) is 36.0 Å². The van der Waals surface area contributed by atoms with Gasteiger partial charge in [0.15, 0.2) is 11.0 Å². The number of para-hydroxylation sites is 2. The van der Waals surface area contributed by atoms with E-state index >= 15 is 0 Å². The van der Waals surface area contributed by atoms with Crippen molar-refractivity contribution in [3.8, 4) is 0 Å². The molecule has 0 N–H and O–H groups in total. The molecular formula is C13H12N6OS. The summed E-state index contributed by atoms with van der Waals surface area (Å²) >= 11 is 1.53. The van der Waals surface area contributed by atoms with Gasteiger partial charge in [0.1, 0.15) is 0 Å². The number of thioether (sulfide) groups is 1. The van der Waals surface area contributed by atoms with Crippen LogP contribution in [0.25, 0.3) is 16.8 Å². The highest BCUT2D eigenvalue weighted by molar-refractivity contribution is 7.98. The molecule has 106 valence electrons. The van der Waals surface area contributed by atoms with Crippen LogP contribution in [-0.4, -0.2) is 29.3 Å². The van der Waals surface area contributed by atoms with Gasteiger partial charge in [0, 0.05) is 7.05 Å². The molecule has 0 saturated heterocycles. The molecule has 0 aliphatic heterocycles. The molecule has 1 aromatic carbocycles. The van der Waals surface area contributed by atoms with Crippen molar-refractivity contribution >= 4 is 28.6 Å². The Hall–Kier alpha value is -2.35. The van der Waals surface area contributed by atoms with E-state index < -0.39 is 0 Å². The minimum atomic E-state index is 0.574. The summed E-state index contributed by atoms with van der Waals surface area (Å²) in [6, 6.07) is 8.16. The lowest BCUT2D eigenvalue weighted by Crippen LogP contribution is -1.88. The van der Waals surface area contributed by atoms with Gasteiger partial charge in [-0.3, -0.25) is 4.40 Å². The van der Waals surface area contributed by atoms with E-state index in [1.54, 1.807) is 6.92 Å². The third kappa shape index (κ3) is 1.90. The summed E-state index contributed by atoms with van der Waals surface area (Å²) < 4.78 is 9.20. The molecule has 0 unspecified atom stereocenters. The second kappa shape index (κ2) is 4.59. The standard InChI is InChI=1S/C13H12N6OS/c1-8-14-11(20-17-8)7-21-13-16-15-12-18(2)9-5-3-4-6-10(9)19(12)13/h3-6H,7H2,1-2H3. The summed E-state index contributed by atoms with van der Waals surface area (Å²) in [5, 5.41) is 13.1. The SMILES string of the molecule is Cc1noc(CSc2nnc3n(C)c4ccccc4n23)n1. The number of aromatic nitrogens is 6. The Kier molecular flexibility index (Phi) is 2.71. The van der Waals surface area contributed by atoms with Gasteiger partial charge in [-0.05, 0) is 19.1 Å². The average molecular weight is 300 g/mol. The summed E-state index contributed by atoms with van der Waals surface area (Å²) in [4.78, 5) is 4.20. The first-order valence-corrected chi connectivity index (χ1v) is 7.43. The van der Waals surface area contributed by atoms with Gasteiger partial charge in [-0.15, -0.1) is 10.2 Å². The Morgan fingerprint density at radius 2 is 2.00 bits per heavy atom. The molecule has 7 nitrogen and oxygen atoms in total. The molecule has 0 saturated carbocycles. The van der Waals surface area contributed by atoms with Gasteiger partial charge in [0.05, 0.1) is 16.8 Å². The molecule has 3 aromatic heterocycles. The molecule has 0 radical (unpaired) electrons. The average Bonchev–Trinajstić information content (AvgIpc) is 3.16. The molecule has 4 rings (SSSR count). The van der Waals surface area contributed by atoms with Crippen molar-refractivity contribution in [3.63, 3.8) is 0 Å². The number of imidazole rings is 1. The van der Waals surface area contributed by atoms with Crippen molar-refractivity contribution in [1.82, 2.24) is 29.3 Å². The number of fused-ring (bicyclic) bond motifs is 3. The fraction of sp³-hybridized carbons (Fsp3) is 0.231. The maximum absolute atomic E-state index is 5.12. The van der Waals surface area contributed by atoms with Crippen LogP contribution in [0.3, 0.4) is 0 Å². The first-order valence-electron chi connectivity index (χ1n) is 6.44. The van der Waals surface area contributed by atoms with Gasteiger partial charge in [-0.25, -0.2) is 0 Å². The van der Waals surface area contributed by atoms with Crippen LogP contribution >= 0.6 is 11.8 Å². The van der Waals surface area contributed by atoms with Crippen LogP contribution in [0.2, 0.25) is 0 Å². The van der Waals surface area contributed by atoms with Gasteiger partial charge in [-0.1, -0.05) is 29.1 Å². The number of nitrogens with zero attached hydrogens (tertiary/aromatic N) is 6. The lowest BCUT2D eigenvalue weighted by atomic mass is 10.3. The predicted molar refractivity (Wildman–Crippen MR) is 78.1 cm³/mol. The molecule has 0 fully saturated rings. The molecular weight excluding hydrogens is 288 g/mol. The van der Waals surface area contributed by atoms with Crippen molar-refractivity contribution in [2.24, 2.45) is 7.05 Å². The zero-order valence-electron chi connectivity index (χ0n) is 11.5. The molecule has 3 heterocycles.